The van der Waals surface area contributed by atoms with Gasteiger partial charge in [0.05, 0.1) is 0 Å². The Morgan fingerprint density at radius 3 is 2.22 bits per heavy atom. The molecule has 2 amide bonds. The number of nitrogens with two attached hydrogens (primary N) is 1. The number of hydrogen-bond acceptors (Lipinski definition) is 3. The maximum atomic E-state index is 11.7. The van der Waals surface area contributed by atoms with Gasteiger partial charge in [0.2, 0.25) is 5.91 Å². The van der Waals surface area contributed by atoms with Crippen molar-refractivity contribution in [3.63, 3.8) is 0 Å². The highest BCUT2D eigenvalue weighted by atomic mass is 16.2. The van der Waals surface area contributed by atoms with E-state index in [2.05, 4.69) is 17.6 Å². The zero-order chi connectivity index (χ0) is 13.4. The van der Waals surface area contributed by atoms with Crippen LogP contribution in [0.5, 0.6) is 0 Å². The highest BCUT2D eigenvalue weighted by molar-refractivity contribution is 5.97. The topological polar surface area (TPSA) is 84.2 Å². The minimum atomic E-state index is -0.495. The summed E-state index contributed by atoms with van der Waals surface area (Å²) in [5.41, 5.74) is 6.04. The van der Waals surface area contributed by atoms with Gasteiger partial charge >= 0.3 is 0 Å². The predicted molar refractivity (Wildman–Crippen MR) is 70.5 cm³/mol. The Bertz CT molecular complexity index is 401. The first-order valence-corrected chi connectivity index (χ1v) is 6.04. The minimum absolute atomic E-state index is 0.149. The van der Waals surface area contributed by atoms with E-state index >= 15 is 0 Å². The Balaban J connectivity index is 2.39. The van der Waals surface area contributed by atoms with Crippen molar-refractivity contribution in [2.75, 3.05) is 19.6 Å². The summed E-state index contributed by atoms with van der Waals surface area (Å²) in [6.45, 7) is 4.37. The molecule has 0 aliphatic rings. The quantitative estimate of drug-likeness (QED) is 0.616. The molecule has 1 rings (SSSR count). The summed E-state index contributed by atoms with van der Waals surface area (Å²) < 4.78 is 0. The Morgan fingerprint density at radius 2 is 1.67 bits per heavy atom. The molecule has 0 saturated carbocycles. The van der Waals surface area contributed by atoms with Gasteiger partial charge in [-0.2, -0.15) is 0 Å². The van der Waals surface area contributed by atoms with Gasteiger partial charge in [-0.1, -0.05) is 6.92 Å². The zero-order valence-electron chi connectivity index (χ0n) is 10.5. The first-order valence-electron chi connectivity index (χ1n) is 6.04. The van der Waals surface area contributed by atoms with Crippen LogP contribution in [0, 0.1) is 0 Å². The molecule has 0 saturated heterocycles. The van der Waals surface area contributed by atoms with Crippen LogP contribution in [-0.2, 0) is 0 Å². The normalized spacial score (nSPS) is 10.1. The molecule has 0 heterocycles. The van der Waals surface area contributed by atoms with Gasteiger partial charge in [-0.3, -0.25) is 9.59 Å². The van der Waals surface area contributed by atoms with E-state index in [1.807, 2.05) is 0 Å². The van der Waals surface area contributed by atoms with Crippen LogP contribution in [0.3, 0.4) is 0 Å². The molecule has 0 aliphatic heterocycles. The summed E-state index contributed by atoms with van der Waals surface area (Å²) in [4.78, 5) is 22.6. The SMILES string of the molecule is CCCNCCNC(=O)c1ccc(C(N)=O)cc1. The second-order valence-electron chi connectivity index (χ2n) is 3.95. The van der Waals surface area contributed by atoms with Crippen molar-refractivity contribution in [2.24, 2.45) is 5.73 Å². The van der Waals surface area contributed by atoms with Crippen LogP contribution >= 0.6 is 0 Å². The molecule has 0 atom stereocenters. The third-order valence-corrected chi connectivity index (χ3v) is 2.45. The fourth-order valence-electron chi connectivity index (χ4n) is 1.45. The average Bonchev–Trinajstić information content (AvgIpc) is 2.38. The van der Waals surface area contributed by atoms with Crippen molar-refractivity contribution in [3.8, 4) is 0 Å². The maximum Gasteiger partial charge on any atom is 0.251 e. The number of amides is 2. The lowest BCUT2D eigenvalue weighted by Gasteiger charge is -2.06. The monoisotopic (exact) mass is 249 g/mol. The summed E-state index contributed by atoms with van der Waals surface area (Å²) in [5, 5.41) is 5.98. The smallest absolute Gasteiger partial charge is 0.251 e. The highest BCUT2D eigenvalue weighted by Crippen LogP contribution is 2.03. The Morgan fingerprint density at radius 1 is 1.06 bits per heavy atom. The predicted octanol–water partition coefficient (Wildman–Crippen LogP) is 0.515. The molecule has 0 spiro atoms. The second kappa shape index (κ2) is 7.45. The summed E-state index contributed by atoms with van der Waals surface area (Å²) in [7, 11) is 0. The third kappa shape index (κ3) is 4.55. The first-order chi connectivity index (χ1) is 8.65. The Kier molecular flexibility index (Phi) is 5.87. The van der Waals surface area contributed by atoms with E-state index in [0.717, 1.165) is 19.5 Å². The van der Waals surface area contributed by atoms with E-state index in [1.54, 1.807) is 24.3 Å². The second-order valence-corrected chi connectivity index (χ2v) is 3.95. The molecule has 1 aromatic carbocycles. The minimum Gasteiger partial charge on any atom is -0.366 e. The fourth-order valence-corrected chi connectivity index (χ4v) is 1.45. The van der Waals surface area contributed by atoms with Crippen molar-refractivity contribution in [1.29, 1.82) is 0 Å². The molecule has 0 radical (unpaired) electrons. The molecule has 0 fully saturated rings. The average molecular weight is 249 g/mol. The van der Waals surface area contributed by atoms with Gasteiger partial charge in [0.15, 0.2) is 0 Å². The van der Waals surface area contributed by atoms with Crippen LogP contribution in [0.2, 0.25) is 0 Å². The maximum absolute atomic E-state index is 11.7. The molecule has 18 heavy (non-hydrogen) atoms. The number of carbonyl (C=O) groups is 2. The molecular weight excluding hydrogens is 230 g/mol. The largest absolute Gasteiger partial charge is 0.366 e. The first kappa shape index (κ1) is 14.2. The van der Waals surface area contributed by atoms with Gasteiger partial charge in [0, 0.05) is 24.2 Å². The fraction of sp³-hybridized carbons (Fsp3) is 0.385. The van der Waals surface area contributed by atoms with Crippen LogP contribution in [0.1, 0.15) is 34.1 Å². The van der Waals surface area contributed by atoms with Gasteiger partial charge in [0.25, 0.3) is 5.91 Å². The van der Waals surface area contributed by atoms with E-state index in [0.29, 0.717) is 17.7 Å². The van der Waals surface area contributed by atoms with E-state index < -0.39 is 5.91 Å². The summed E-state index contributed by atoms with van der Waals surface area (Å²) in [5.74, 6) is -0.643. The number of nitrogens with one attached hydrogen (secondary N) is 2. The molecule has 98 valence electrons. The number of carbonyl (C=O) groups excluding carboxylic acids is 2. The van der Waals surface area contributed by atoms with Crippen LogP contribution < -0.4 is 16.4 Å². The standard InChI is InChI=1S/C13H19N3O2/c1-2-7-15-8-9-16-13(18)11-5-3-10(4-6-11)12(14)17/h3-6,15H,2,7-9H2,1H3,(H2,14,17)(H,16,18). The molecule has 0 unspecified atom stereocenters. The van der Waals surface area contributed by atoms with Crippen LogP contribution in [0.25, 0.3) is 0 Å². The molecule has 1 aromatic rings. The molecular formula is C13H19N3O2. The van der Waals surface area contributed by atoms with Crippen LogP contribution in [-0.4, -0.2) is 31.4 Å². The number of primary amides is 1. The van der Waals surface area contributed by atoms with Crippen LogP contribution in [0.4, 0.5) is 0 Å². The lowest BCUT2D eigenvalue weighted by Crippen LogP contribution is -2.32. The van der Waals surface area contributed by atoms with Gasteiger partial charge in [-0.05, 0) is 37.2 Å². The van der Waals surface area contributed by atoms with Gasteiger partial charge in [-0.25, -0.2) is 0 Å². The zero-order valence-corrected chi connectivity index (χ0v) is 10.5. The van der Waals surface area contributed by atoms with E-state index in [9.17, 15) is 9.59 Å². The van der Waals surface area contributed by atoms with E-state index in [4.69, 9.17) is 5.73 Å². The van der Waals surface area contributed by atoms with Crippen molar-refractivity contribution < 1.29 is 9.59 Å². The Hall–Kier alpha value is -1.88. The lowest BCUT2D eigenvalue weighted by atomic mass is 10.1. The van der Waals surface area contributed by atoms with E-state index in [-0.39, 0.29) is 5.91 Å². The van der Waals surface area contributed by atoms with Crippen molar-refractivity contribution in [1.82, 2.24) is 10.6 Å². The number of hydrogen-bond donors (Lipinski definition) is 3. The molecule has 5 heteroatoms. The molecule has 0 bridgehead atoms. The van der Waals surface area contributed by atoms with Crippen molar-refractivity contribution >= 4 is 11.8 Å². The molecule has 5 nitrogen and oxygen atoms in total. The summed E-state index contributed by atoms with van der Waals surface area (Å²) >= 11 is 0. The number of benzene rings is 1. The van der Waals surface area contributed by atoms with Gasteiger partial charge in [0.1, 0.15) is 0 Å². The number of rotatable bonds is 7. The highest BCUT2D eigenvalue weighted by Gasteiger charge is 2.05. The lowest BCUT2D eigenvalue weighted by molar-refractivity contribution is 0.0951. The van der Waals surface area contributed by atoms with Gasteiger partial charge in [-0.15, -0.1) is 0 Å². The van der Waals surface area contributed by atoms with Gasteiger partial charge < -0.3 is 16.4 Å². The molecule has 0 aliphatic carbocycles. The van der Waals surface area contributed by atoms with Crippen molar-refractivity contribution in [3.05, 3.63) is 35.4 Å². The molecule has 4 N–H and O–H groups in total. The third-order valence-electron chi connectivity index (χ3n) is 2.45. The Labute approximate surface area is 107 Å². The summed E-state index contributed by atoms with van der Waals surface area (Å²) in [6, 6.07) is 6.28. The van der Waals surface area contributed by atoms with Crippen LogP contribution in [0.15, 0.2) is 24.3 Å². The summed E-state index contributed by atoms with van der Waals surface area (Å²) in [6.07, 6.45) is 1.07. The van der Waals surface area contributed by atoms with E-state index in [1.165, 1.54) is 0 Å². The molecule has 0 aromatic heterocycles. The van der Waals surface area contributed by atoms with Crippen molar-refractivity contribution in [2.45, 2.75) is 13.3 Å².